The summed E-state index contributed by atoms with van der Waals surface area (Å²) >= 11 is 7.32. The Morgan fingerprint density at radius 1 is 1.16 bits per heavy atom. The predicted molar refractivity (Wildman–Crippen MR) is 118 cm³/mol. The number of halogens is 2. The predicted octanol–water partition coefficient (Wildman–Crippen LogP) is 3.62. The van der Waals surface area contributed by atoms with Gasteiger partial charge in [-0.2, -0.15) is 0 Å². The van der Waals surface area contributed by atoms with Crippen LogP contribution in [0.1, 0.15) is 5.82 Å². The van der Waals surface area contributed by atoms with Crippen molar-refractivity contribution in [2.24, 2.45) is 0 Å². The van der Waals surface area contributed by atoms with Crippen molar-refractivity contribution in [3.8, 4) is 5.69 Å². The lowest BCUT2D eigenvalue weighted by atomic mass is 10.3. The van der Waals surface area contributed by atoms with Gasteiger partial charge in [-0.15, -0.1) is 10.2 Å². The second-order valence-electron chi connectivity index (χ2n) is 6.95. The summed E-state index contributed by atoms with van der Waals surface area (Å²) in [5.41, 5.74) is 1.28. The van der Waals surface area contributed by atoms with E-state index in [2.05, 4.69) is 20.4 Å². The first kappa shape index (κ1) is 21.8. The minimum Gasteiger partial charge on any atom is -0.379 e. The number of thioether (sulfide) groups is 1. The van der Waals surface area contributed by atoms with Crippen molar-refractivity contribution >= 4 is 35.0 Å². The standard InChI is InChI=1S/C21H21ClFN5O2S/c22-15-4-6-18(7-5-15)28-19(13-27-8-10-30-11-9-27)25-26-21(28)31-14-20(29)24-17-3-1-2-16(23)12-17/h1-7,12H,8-11,13-14H2,(H,24,29). The van der Waals surface area contributed by atoms with E-state index in [1.807, 2.05) is 16.7 Å². The first-order valence-electron chi connectivity index (χ1n) is 9.77. The Morgan fingerprint density at radius 2 is 1.94 bits per heavy atom. The molecule has 1 N–H and O–H groups in total. The van der Waals surface area contributed by atoms with Gasteiger partial charge in [0.2, 0.25) is 5.91 Å². The highest BCUT2D eigenvalue weighted by molar-refractivity contribution is 7.99. The molecule has 4 rings (SSSR count). The van der Waals surface area contributed by atoms with Crippen LogP contribution in [0, 0.1) is 5.82 Å². The van der Waals surface area contributed by atoms with Crippen molar-refractivity contribution < 1.29 is 13.9 Å². The molecule has 0 aliphatic carbocycles. The number of hydrogen-bond donors (Lipinski definition) is 1. The zero-order chi connectivity index (χ0) is 21.6. The van der Waals surface area contributed by atoms with Crippen LogP contribution in [0.4, 0.5) is 10.1 Å². The van der Waals surface area contributed by atoms with E-state index in [1.54, 1.807) is 24.3 Å². The van der Waals surface area contributed by atoms with Crippen LogP contribution in [0.15, 0.2) is 53.7 Å². The number of anilines is 1. The summed E-state index contributed by atoms with van der Waals surface area (Å²) in [5, 5.41) is 12.6. The number of ether oxygens (including phenoxy) is 1. The van der Waals surface area contributed by atoms with E-state index in [0.29, 0.717) is 35.6 Å². The van der Waals surface area contributed by atoms with Crippen molar-refractivity contribution in [2.45, 2.75) is 11.7 Å². The number of nitrogens with one attached hydrogen (secondary N) is 1. The summed E-state index contributed by atoms with van der Waals surface area (Å²) in [4.78, 5) is 14.6. The second kappa shape index (κ2) is 10.2. The molecule has 0 saturated carbocycles. The van der Waals surface area contributed by atoms with Crippen LogP contribution >= 0.6 is 23.4 Å². The van der Waals surface area contributed by atoms with E-state index in [-0.39, 0.29) is 11.7 Å². The van der Waals surface area contributed by atoms with E-state index in [0.717, 1.165) is 24.6 Å². The lowest BCUT2D eigenvalue weighted by Gasteiger charge is -2.26. The molecule has 0 atom stereocenters. The van der Waals surface area contributed by atoms with Crippen molar-refractivity contribution in [3.63, 3.8) is 0 Å². The lowest BCUT2D eigenvalue weighted by Crippen LogP contribution is -2.36. The first-order chi connectivity index (χ1) is 15.1. The molecule has 1 fully saturated rings. The monoisotopic (exact) mass is 461 g/mol. The van der Waals surface area contributed by atoms with Crippen LogP contribution in [0.25, 0.3) is 5.69 Å². The summed E-state index contributed by atoms with van der Waals surface area (Å²) < 4.78 is 20.7. The van der Waals surface area contributed by atoms with E-state index >= 15 is 0 Å². The number of carbonyl (C=O) groups excluding carboxylic acids is 1. The van der Waals surface area contributed by atoms with E-state index in [9.17, 15) is 9.18 Å². The maximum Gasteiger partial charge on any atom is 0.234 e. The maximum absolute atomic E-state index is 13.3. The third-order valence-corrected chi connectivity index (χ3v) is 5.88. The Bertz CT molecular complexity index is 1040. The Morgan fingerprint density at radius 3 is 2.68 bits per heavy atom. The van der Waals surface area contributed by atoms with Crippen molar-refractivity contribution in [2.75, 3.05) is 37.4 Å². The van der Waals surface area contributed by atoms with Crippen molar-refractivity contribution in [3.05, 3.63) is 65.2 Å². The van der Waals surface area contributed by atoms with Gasteiger partial charge in [-0.05, 0) is 42.5 Å². The molecule has 2 heterocycles. The average molecular weight is 462 g/mol. The fourth-order valence-electron chi connectivity index (χ4n) is 3.20. The Hall–Kier alpha value is -2.46. The van der Waals surface area contributed by atoms with Crippen LogP contribution < -0.4 is 5.32 Å². The lowest BCUT2D eigenvalue weighted by molar-refractivity contribution is -0.113. The molecule has 10 heteroatoms. The zero-order valence-electron chi connectivity index (χ0n) is 16.6. The molecule has 1 amide bonds. The number of benzene rings is 2. The summed E-state index contributed by atoms with van der Waals surface area (Å²) in [5.74, 6) is 0.230. The number of hydrogen-bond acceptors (Lipinski definition) is 6. The summed E-state index contributed by atoms with van der Waals surface area (Å²) in [6.07, 6.45) is 0. The average Bonchev–Trinajstić information content (AvgIpc) is 3.16. The summed E-state index contributed by atoms with van der Waals surface area (Å²) in [7, 11) is 0. The minimum absolute atomic E-state index is 0.111. The van der Waals surface area contributed by atoms with Gasteiger partial charge in [-0.3, -0.25) is 14.3 Å². The second-order valence-corrected chi connectivity index (χ2v) is 8.33. The number of amides is 1. The maximum atomic E-state index is 13.3. The molecule has 1 aliphatic rings. The third-order valence-electron chi connectivity index (χ3n) is 4.69. The van der Waals surface area contributed by atoms with Crippen molar-refractivity contribution in [1.29, 1.82) is 0 Å². The van der Waals surface area contributed by atoms with Gasteiger partial charge in [0.15, 0.2) is 11.0 Å². The van der Waals surface area contributed by atoms with Gasteiger partial charge in [0, 0.05) is 29.5 Å². The smallest absolute Gasteiger partial charge is 0.234 e. The van der Waals surface area contributed by atoms with Crippen LogP contribution in [0.2, 0.25) is 5.02 Å². The molecule has 1 saturated heterocycles. The molecule has 7 nitrogen and oxygen atoms in total. The van der Waals surface area contributed by atoms with Crippen LogP contribution in [-0.2, 0) is 16.1 Å². The highest BCUT2D eigenvalue weighted by Gasteiger charge is 2.19. The Balaban J connectivity index is 1.50. The van der Waals surface area contributed by atoms with Gasteiger partial charge >= 0.3 is 0 Å². The van der Waals surface area contributed by atoms with Crippen molar-refractivity contribution in [1.82, 2.24) is 19.7 Å². The van der Waals surface area contributed by atoms with Crippen LogP contribution in [0.3, 0.4) is 0 Å². The molecule has 0 radical (unpaired) electrons. The van der Waals surface area contributed by atoms with Gasteiger partial charge in [0.1, 0.15) is 5.82 Å². The minimum atomic E-state index is -0.402. The molecule has 2 aromatic carbocycles. The van der Waals surface area contributed by atoms with E-state index in [1.165, 1.54) is 23.9 Å². The van der Waals surface area contributed by atoms with Gasteiger partial charge in [-0.25, -0.2) is 4.39 Å². The van der Waals surface area contributed by atoms with Crippen LogP contribution in [-0.4, -0.2) is 57.6 Å². The number of morpholine rings is 1. The van der Waals surface area contributed by atoms with Gasteiger partial charge in [0.25, 0.3) is 0 Å². The number of aromatic nitrogens is 3. The number of rotatable bonds is 7. The zero-order valence-corrected chi connectivity index (χ0v) is 18.2. The Kier molecular flexibility index (Phi) is 7.18. The number of nitrogens with zero attached hydrogens (tertiary/aromatic N) is 4. The van der Waals surface area contributed by atoms with Gasteiger partial charge in [0.05, 0.1) is 25.5 Å². The molecule has 1 aromatic heterocycles. The quantitative estimate of drug-likeness (QED) is 0.542. The molecule has 0 unspecified atom stereocenters. The topological polar surface area (TPSA) is 72.3 Å². The Labute approximate surface area is 188 Å². The SMILES string of the molecule is O=C(CSc1nnc(CN2CCOCC2)n1-c1ccc(Cl)cc1)Nc1cccc(F)c1. The highest BCUT2D eigenvalue weighted by atomic mass is 35.5. The molecular formula is C21H21ClFN5O2S. The van der Waals surface area contributed by atoms with E-state index in [4.69, 9.17) is 16.3 Å². The van der Waals surface area contributed by atoms with Gasteiger partial charge < -0.3 is 10.1 Å². The molecule has 0 bridgehead atoms. The molecular weight excluding hydrogens is 441 g/mol. The fraction of sp³-hybridized carbons (Fsp3) is 0.286. The van der Waals surface area contributed by atoms with Crippen LogP contribution in [0.5, 0.6) is 0 Å². The molecule has 31 heavy (non-hydrogen) atoms. The molecule has 0 spiro atoms. The summed E-state index contributed by atoms with van der Waals surface area (Å²) in [6, 6.07) is 13.2. The molecule has 1 aliphatic heterocycles. The summed E-state index contributed by atoms with van der Waals surface area (Å²) in [6.45, 7) is 3.65. The highest BCUT2D eigenvalue weighted by Crippen LogP contribution is 2.24. The fourth-order valence-corrected chi connectivity index (χ4v) is 4.10. The molecule has 3 aromatic rings. The van der Waals surface area contributed by atoms with E-state index < -0.39 is 5.82 Å². The first-order valence-corrected chi connectivity index (χ1v) is 11.1. The molecule has 162 valence electrons. The third kappa shape index (κ3) is 5.82. The number of carbonyl (C=O) groups is 1. The van der Waals surface area contributed by atoms with Gasteiger partial charge in [-0.1, -0.05) is 29.4 Å². The normalized spacial score (nSPS) is 14.5. The largest absolute Gasteiger partial charge is 0.379 e.